The number of carbonyl (C=O) groups is 1. The molecule has 2 N–H and O–H groups in total. The van der Waals surface area contributed by atoms with Gasteiger partial charge in [-0.15, -0.1) is 0 Å². The maximum absolute atomic E-state index is 14.3. The van der Waals surface area contributed by atoms with E-state index in [1.165, 1.54) is 12.1 Å². The van der Waals surface area contributed by atoms with Gasteiger partial charge in [-0.2, -0.15) is 0 Å². The van der Waals surface area contributed by atoms with Crippen molar-refractivity contribution in [3.05, 3.63) is 29.6 Å². The number of rotatable bonds is 4. The van der Waals surface area contributed by atoms with Crippen LogP contribution in [0.3, 0.4) is 0 Å². The molecule has 2 fully saturated rings. The molecule has 0 aliphatic carbocycles. The Labute approximate surface area is 141 Å². The average Bonchev–Trinajstić information content (AvgIpc) is 3.09. The maximum Gasteiger partial charge on any atom is 0.256 e. The monoisotopic (exact) mass is 355 g/mol. The van der Waals surface area contributed by atoms with Crippen molar-refractivity contribution in [1.82, 2.24) is 14.9 Å². The summed E-state index contributed by atoms with van der Waals surface area (Å²) in [7, 11) is -3.79. The highest BCUT2D eigenvalue weighted by molar-refractivity contribution is 7.89. The van der Waals surface area contributed by atoms with Crippen molar-refractivity contribution < 1.29 is 17.6 Å². The lowest BCUT2D eigenvalue weighted by Crippen LogP contribution is -2.42. The summed E-state index contributed by atoms with van der Waals surface area (Å²) in [4.78, 5) is 13.7. The molecule has 0 bridgehead atoms. The van der Waals surface area contributed by atoms with Crippen molar-refractivity contribution in [1.29, 1.82) is 0 Å². The Morgan fingerprint density at radius 3 is 2.50 bits per heavy atom. The normalized spacial score (nSPS) is 19.6. The van der Waals surface area contributed by atoms with E-state index in [0.29, 0.717) is 25.9 Å². The zero-order chi connectivity index (χ0) is 17.2. The minimum Gasteiger partial charge on any atom is -0.339 e. The van der Waals surface area contributed by atoms with Crippen LogP contribution in [0.2, 0.25) is 0 Å². The Bertz CT molecular complexity index is 711. The molecular weight excluding hydrogens is 333 g/mol. The van der Waals surface area contributed by atoms with Crippen LogP contribution in [0.25, 0.3) is 0 Å². The van der Waals surface area contributed by atoms with Gasteiger partial charge in [0.05, 0.1) is 10.5 Å². The predicted molar refractivity (Wildman–Crippen MR) is 87.8 cm³/mol. The summed E-state index contributed by atoms with van der Waals surface area (Å²) in [6.45, 7) is 2.75. The molecule has 1 aromatic rings. The zero-order valence-corrected chi connectivity index (χ0v) is 14.2. The molecule has 0 spiro atoms. The number of likely N-dealkylation sites (tertiary alicyclic amines) is 1. The van der Waals surface area contributed by atoms with Crippen molar-refractivity contribution in [2.24, 2.45) is 0 Å². The lowest BCUT2D eigenvalue weighted by molar-refractivity contribution is 0.0788. The number of piperidine rings is 1. The quantitative estimate of drug-likeness (QED) is 0.848. The fourth-order valence-corrected chi connectivity index (χ4v) is 4.47. The molecule has 24 heavy (non-hydrogen) atoms. The number of nitrogens with one attached hydrogen (secondary N) is 2. The van der Waals surface area contributed by atoms with Crippen LogP contribution in [0.5, 0.6) is 0 Å². The third kappa shape index (κ3) is 3.76. The summed E-state index contributed by atoms with van der Waals surface area (Å²) in [6.07, 6.45) is 3.24. The molecule has 2 heterocycles. The molecule has 0 saturated carbocycles. The highest BCUT2D eigenvalue weighted by Crippen LogP contribution is 2.20. The molecule has 2 aliphatic heterocycles. The molecule has 8 heteroatoms. The average molecular weight is 355 g/mol. The van der Waals surface area contributed by atoms with E-state index in [2.05, 4.69) is 10.0 Å². The standard InChI is InChI=1S/C16H22FN3O3S/c17-15-11-13(24(22,23)19-12-5-7-18-8-6-12)3-4-14(15)16(21)20-9-1-2-10-20/h3-4,11-12,18-19H,1-2,5-10H2. The lowest BCUT2D eigenvalue weighted by atomic mass is 10.1. The number of hydrogen-bond donors (Lipinski definition) is 2. The van der Waals surface area contributed by atoms with E-state index in [9.17, 15) is 17.6 Å². The largest absolute Gasteiger partial charge is 0.339 e. The van der Waals surface area contributed by atoms with Crippen LogP contribution in [-0.2, 0) is 10.0 Å². The van der Waals surface area contributed by atoms with E-state index >= 15 is 0 Å². The second kappa shape index (κ2) is 7.16. The van der Waals surface area contributed by atoms with Gasteiger partial charge in [0.25, 0.3) is 5.91 Å². The van der Waals surface area contributed by atoms with Gasteiger partial charge in [0.2, 0.25) is 10.0 Å². The first-order valence-corrected chi connectivity index (χ1v) is 9.77. The smallest absolute Gasteiger partial charge is 0.256 e. The van der Waals surface area contributed by atoms with Crippen molar-refractivity contribution in [3.8, 4) is 0 Å². The first kappa shape index (κ1) is 17.3. The van der Waals surface area contributed by atoms with Gasteiger partial charge in [-0.25, -0.2) is 17.5 Å². The first-order valence-electron chi connectivity index (χ1n) is 8.29. The zero-order valence-electron chi connectivity index (χ0n) is 13.4. The van der Waals surface area contributed by atoms with Crippen molar-refractivity contribution in [2.75, 3.05) is 26.2 Å². The fourth-order valence-electron chi connectivity index (χ4n) is 3.15. The second-order valence-electron chi connectivity index (χ2n) is 6.29. The Morgan fingerprint density at radius 1 is 1.21 bits per heavy atom. The third-order valence-corrected chi connectivity index (χ3v) is 6.05. The first-order chi connectivity index (χ1) is 11.5. The molecular formula is C16H22FN3O3S. The van der Waals surface area contributed by atoms with Gasteiger partial charge in [0.15, 0.2) is 0 Å². The number of halogens is 1. The number of sulfonamides is 1. The van der Waals surface area contributed by atoms with E-state index in [1.807, 2.05) is 0 Å². The van der Waals surface area contributed by atoms with E-state index in [-0.39, 0.29) is 22.4 Å². The van der Waals surface area contributed by atoms with Crippen LogP contribution in [0.4, 0.5) is 4.39 Å². The fraction of sp³-hybridized carbons (Fsp3) is 0.562. The lowest BCUT2D eigenvalue weighted by Gasteiger charge is -2.23. The molecule has 1 amide bonds. The number of nitrogens with zero attached hydrogens (tertiary/aromatic N) is 1. The summed E-state index contributed by atoms with van der Waals surface area (Å²) in [5.74, 6) is -1.17. The number of benzene rings is 1. The second-order valence-corrected chi connectivity index (χ2v) is 8.00. The summed E-state index contributed by atoms with van der Waals surface area (Å²) >= 11 is 0. The van der Waals surface area contributed by atoms with Crippen molar-refractivity contribution in [3.63, 3.8) is 0 Å². The highest BCUT2D eigenvalue weighted by Gasteiger charge is 2.26. The minimum absolute atomic E-state index is 0.0716. The van der Waals surface area contributed by atoms with Crippen LogP contribution in [-0.4, -0.2) is 51.4 Å². The maximum atomic E-state index is 14.3. The van der Waals surface area contributed by atoms with E-state index in [1.54, 1.807) is 4.90 Å². The molecule has 2 aliphatic rings. The molecule has 0 radical (unpaired) electrons. The number of amides is 1. The number of hydrogen-bond acceptors (Lipinski definition) is 4. The van der Waals surface area contributed by atoms with Gasteiger partial charge in [-0.3, -0.25) is 4.79 Å². The topological polar surface area (TPSA) is 78.5 Å². The van der Waals surface area contributed by atoms with Gasteiger partial charge in [-0.05, 0) is 57.0 Å². The van der Waals surface area contributed by atoms with Gasteiger partial charge in [0.1, 0.15) is 5.82 Å². The van der Waals surface area contributed by atoms with Gasteiger partial charge < -0.3 is 10.2 Å². The number of carbonyl (C=O) groups excluding carboxylic acids is 1. The molecule has 2 saturated heterocycles. The van der Waals surface area contributed by atoms with Gasteiger partial charge >= 0.3 is 0 Å². The van der Waals surface area contributed by atoms with Crippen LogP contribution < -0.4 is 10.0 Å². The van der Waals surface area contributed by atoms with Crippen molar-refractivity contribution >= 4 is 15.9 Å². The summed E-state index contributed by atoms with van der Waals surface area (Å²) in [5.41, 5.74) is -0.0716. The van der Waals surface area contributed by atoms with Crippen LogP contribution in [0, 0.1) is 5.82 Å². The van der Waals surface area contributed by atoms with Gasteiger partial charge in [0, 0.05) is 19.1 Å². The summed E-state index contributed by atoms with van der Waals surface area (Å²) in [5, 5.41) is 3.16. The Kier molecular flexibility index (Phi) is 5.17. The molecule has 0 unspecified atom stereocenters. The molecule has 3 rings (SSSR count). The van der Waals surface area contributed by atoms with Crippen molar-refractivity contribution in [2.45, 2.75) is 36.6 Å². The SMILES string of the molecule is O=C(c1ccc(S(=O)(=O)NC2CCNCC2)cc1F)N1CCCC1. The molecule has 6 nitrogen and oxygen atoms in total. The molecule has 0 aromatic heterocycles. The minimum atomic E-state index is -3.79. The van der Waals surface area contributed by atoms with Crippen LogP contribution in [0.15, 0.2) is 23.1 Å². The Hall–Kier alpha value is -1.51. The Morgan fingerprint density at radius 2 is 1.88 bits per heavy atom. The van der Waals surface area contributed by atoms with Crippen LogP contribution in [0.1, 0.15) is 36.0 Å². The Balaban J connectivity index is 1.76. The van der Waals surface area contributed by atoms with E-state index in [4.69, 9.17) is 0 Å². The summed E-state index contributed by atoms with van der Waals surface area (Å²) < 4.78 is 41.7. The van der Waals surface area contributed by atoms with E-state index < -0.39 is 15.8 Å². The molecule has 0 atom stereocenters. The molecule has 132 valence electrons. The highest BCUT2D eigenvalue weighted by atomic mass is 32.2. The predicted octanol–water partition coefficient (Wildman–Crippen LogP) is 1.09. The van der Waals surface area contributed by atoms with Gasteiger partial charge in [-0.1, -0.05) is 0 Å². The van der Waals surface area contributed by atoms with Crippen LogP contribution >= 0.6 is 0 Å². The van der Waals surface area contributed by atoms with E-state index in [0.717, 1.165) is 32.0 Å². The summed E-state index contributed by atoms with van der Waals surface area (Å²) in [6, 6.07) is 3.36. The molecule has 1 aromatic carbocycles. The third-order valence-electron chi connectivity index (χ3n) is 4.54.